The first-order valence-electron chi connectivity index (χ1n) is 5.29. The van der Waals surface area contributed by atoms with Crippen LogP contribution in [0.2, 0.25) is 0 Å². The summed E-state index contributed by atoms with van der Waals surface area (Å²) in [5, 5.41) is 11.4. The minimum Gasteiger partial charge on any atom is -0.341 e. The first-order valence-corrected chi connectivity index (χ1v) is 6.51. The van der Waals surface area contributed by atoms with Crippen LogP contribution < -0.4 is 5.32 Å². The molecule has 0 saturated carbocycles. The molecule has 0 atom stereocenters. The maximum absolute atomic E-state index is 11.7. The van der Waals surface area contributed by atoms with Gasteiger partial charge in [-0.05, 0) is 25.5 Å². The van der Waals surface area contributed by atoms with Crippen LogP contribution in [-0.4, -0.2) is 41.9 Å². The third-order valence-corrected chi connectivity index (χ3v) is 3.04. The SMILES string of the molecule is CSC(=NCC(=O)N1CCCCC1)NC#N. The summed E-state index contributed by atoms with van der Waals surface area (Å²) < 4.78 is 0. The lowest BCUT2D eigenvalue weighted by atomic mass is 10.1. The van der Waals surface area contributed by atoms with Crippen molar-refractivity contribution in [3.05, 3.63) is 0 Å². The van der Waals surface area contributed by atoms with Gasteiger partial charge in [0.2, 0.25) is 5.91 Å². The van der Waals surface area contributed by atoms with E-state index in [2.05, 4.69) is 10.3 Å². The highest BCUT2D eigenvalue weighted by Crippen LogP contribution is 2.08. The van der Waals surface area contributed by atoms with Crippen molar-refractivity contribution in [1.29, 1.82) is 5.26 Å². The second-order valence-corrected chi connectivity index (χ2v) is 4.30. The van der Waals surface area contributed by atoms with Gasteiger partial charge in [-0.1, -0.05) is 11.8 Å². The van der Waals surface area contributed by atoms with Gasteiger partial charge in [0.25, 0.3) is 0 Å². The lowest BCUT2D eigenvalue weighted by molar-refractivity contribution is -0.130. The average Bonchev–Trinajstić information content (AvgIpc) is 2.35. The Kier molecular flexibility index (Phi) is 5.72. The van der Waals surface area contributed by atoms with Crippen LogP contribution in [0.5, 0.6) is 0 Å². The van der Waals surface area contributed by atoms with E-state index in [1.165, 1.54) is 18.2 Å². The van der Waals surface area contributed by atoms with Crippen molar-refractivity contribution in [3.63, 3.8) is 0 Å². The molecule has 1 saturated heterocycles. The maximum atomic E-state index is 11.7. The summed E-state index contributed by atoms with van der Waals surface area (Å²) in [6, 6.07) is 0. The molecule has 0 aromatic carbocycles. The molecule has 1 amide bonds. The highest BCUT2D eigenvalue weighted by atomic mass is 32.2. The van der Waals surface area contributed by atoms with E-state index >= 15 is 0 Å². The fourth-order valence-corrected chi connectivity index (χ4v) is 1.93. The fourth-order valence-electron chi connectivity index (χ4n) is 1.59. The maximum Gasteiger partial charge on any atom is 0.244 e. The predicted molar refractivity (Wildman–Crippen MR) is 65.0 cm³/mol. The monoisotopic (exact) mass is 240 g/mol. The molecule has 1 N–H and O–H groups in total. The summed E-state index contributed by atoms with van der Waals surface area (Å²) >= 11 is 1.33. The third kappa shape index (κ3) is 4.11. The summed E-state index contributed by atoms with van der Waals surface area (Å²) in [6.07, 6.45) is 6.99. The molecule has 0 bridgehead atoms. The number of rotatable bonds is 2. The van der Waals surface area contributed by atoms with Gasteiger partial charge in [0.15, 0.2) is 11.4 Å². The van der Waals surface area contributed by atoms with Crippen LogP contribution in [0.1, 0.15) is 19.3 Å². The zero-order chi connectivity index (χ0) is 11.8. The largest absolute Gasteiger partial charge is 0.341 e. The zero-order valence-electron chi connectivity index (χ0n) is 9.40. The standard InChI is InChI=1S/C10H16N4OS/c1-16-10(13-8-11)12-7-9(15)14-5-3-2-4-6-14/h2-7H2,1H3,(H,12,13). The molecule has 6 heteroatoms. The Balaban J connectivity index is 2.40. The van der Waals surface area contributed by atoms with E-state index in [1.807, 2.05) is 11.2 Å². The number of aliphatic imine (C=N–C) groups is 1. The highest BCUT2D eigenvalue weighted by molar-refractivity contribution is 8.13. The minimum atomic E-state index is 0.0472. The molecule has 1 fully saturated rings. The van der Waals surface area contributed by atoms with Crippen molar-refractivity contribution < 1.29 is 4.79 Å². The summed E-state index contributed by atoms with van der Waals surface area (Å²) in [4.78, 5) is 17.6. The Labute approximate surface area is 99.9 Å². The average molecular weight is 240 g/mol. The van der Waals surface area contributed by atoms with Gasteiger partial charge in [0, 0.05) is 13.1 Å². The van der Waals surface area contributed by atoms with Gasteiger partial charge in [-0.3, -0.25) is 15.1 Å². The van der Waals surface area contributed by atoms with Crippen molar-refractivity contribution in [3.8, 4) is 6.19 Å². The predicted octanol–water partition coefficient (Wildman–Crippen LogP) is 0.789. The molecule has 0 radical (unpaired) electrons. The highest BCUT2D eigenvalue weighted by Gasteiger charge is 2.15. The Morgan fingerprint density at radius 1 is 1.50 bits per heavy atom. The summed E-state index contributed by atoms with van der Waals surface area (Å²) in [7, 11) is 0. The van der Waals surface area contributed by atoms with Gasteiger partial charge in [0.1, 0.15) is 6.54 Å². The molecule has 0 aromatic rings. The van der Waals surface area contributed by atoms with Crippen LogP contribution in [0.25, 0.3) is 0 Å². The molecule has 5 nitrogen and oxygen atoms in total. The van der Waals surface area contributed by atoms with Crippen molar-refractivity contribution in [2.24, 2.45) is 4.99 Å². The van der Waals surface area contributed by atoms with Crippen LogP contribution in [0.4, 0.5) is 0 Å². The normalized spacial score (nSPS) is 16.8. The van der Waals surface area contributed by atoms with Crippen LogP contribution in [-0.2, 0) is 4.79 Å². The molecular formula is C10H16N4OS. The zero-order valence-corrected chi connectivity index (χ0v) is 10.2. The van der Waals surface area contributed by atoms with Crippen molar-refractivity contribution in [2.75, 3.05) is 25.9 Å². The number of carbonyl (C=O) groups excluding carboxylic acids is 1. The summed E-state index contributed by atoms with van der Waals surface area (Å²) in [5.74, 6) is 0.0472. The van der Waals surface area contributed by atoms with Crippen molar-refractivity contribution in [1.82, 2.24) is 10.2 Å². The van der Waals surface area contributed by atoms with E-state index in [0.717, 1.165) is 25.9 Å². The molecule has 1 heterocycles. The molecule has 0 spiro atoms. The molecule has 1 rings (SSSR count). The number of nitrogens with one attached hydrogen (secondary N) is 1. The molecule has 0 aromatic heterocycles. The van der Waals surface area contributed by atoms with Crippen LogP contribution >= 0.6 is 11.8 Å². The third-order valence-electron chi connectivity index (χ3n) is 2.42. The van der Waals surface area contributed by atoms with E-state index in [0.29, 0.717) is 5.17 Å². The Hall–Kier alpha value is -1.22. The van der Waals surface area contributed by atoms with Crippen LogP contribution in [0.3, 0.4) is 0 Å². The van der Waals surface area contributed by atoms with E-state index in [1.54, 1.807) is 6.19 Å². The number of hydrogen-bond donors (Lipinski definition) is 1. The molecule has 1 aliphatic rings. The van der Waals surface area contributed by atoms with Gasteiger partial charge in [-0.25, -0.2) is 0 Å². The van der Waals surface area contributed by atoms with Crippen molar-refractivity contribution in [2.45, 2.75) is 19.3 Å². The van der Waals surface area contributed by atoms with Gasteiger partial charge in [-0.15, -0.1) is 0 Å². The van der Waals surface area contributed by atoms with Gasteiger partial charge in [-0.2, -0.15) is 5.26 Å². The van der Waals surface area contributed by atoms with Crippen molar-refractivity contribution >= 4 is 22.8 Å². The number of likely N-dealkylation sites (tertiary alicyclic amines) is 1. The topological polar surface area (TPSA) is 68.5 Å². The number of thioether (sulfide) groups is 1. The number of nitrogens with zero attached hydrogens (tertiary/aromatic N) is 3. The lowest BCUT2D eigenvalue weighted by Crippen LogP contribution is -2.37. The number of hydrogen-bond acceptors (Lipinski definition) is 4. The molecule has 0 aliphatic carbocycles. The van der Waals surface area contributed by atoms with Gasteiger partial charge < -0.3 is 4.90 Å². The summed E-state index contributed by atoms with van der Waals surface area (Å²) in [6.45, 7) is 1.81. The van der Waals surface area contributed by atoms with E-state index in [-0.39, 0.29) is 12.5 Å². The van der Waals surface area contributed by atoms with Gasteiger partial charge >= 0.3 is 0 Å². The first-order chi connectivity index (χ1) is 7.77. The van der Waals surface area contributed by atoms with Gasteiger partial charge in [0.05, 0.1) is 0 Å². The number of amidine groups is 1. The molecule has 1 aliphatic heterocycles. The Bertz CT molecular complexity index is 304. The molecule has 88 valence electrons. The first kappa shape index (κ1) is 12.8. The van der Waals surface area contributed by atoms with E-state index in [9.17, 15) is 4.79 Å². The second-order valence-electron chi connectivity index (χ2n) is 3.50. The molecule has 16 heavy (non-hydrogen) atoms. The van der Waals surface area contributed by atoms with Crippen LogP contribution in [0.15, 0.2) is 4.99 Å². The fraction of sp³-hybridized carbons (Fsp3) is 0.700. The quantitative estimate of drug-likeness (QED) is 0.335. The smallest absolute Gasteiger partial charge is 0.244 e. The molecule has 0 unspecified atom stereocenters. The minimum absolute atomic E-state index is 0.0472. The lowest BCUT2D eigenvalue weighted by Gasteiger charge is -2.26. The van der Waals surface area contributed by atoms with E-state index < -0.39 is 0 Å². The number of amides is 1. The summed E-state index contributed by atoms with van der Waals surface area (Å²) in [5.41, 5.74) is 0. The number of piperidine rings is 1. The Morgan fingerprint density at radius 3 is 2.75 bits per heavy atom. The van der Waals surface area contributed by atoms with Crippen LogP contribution in [0, 0.1) is 11.5 Å². The number of nitriles is 1. The number of carbonyl (C=O) groups is 1. The second kappa shape index (κ2) is 7.12. The Morgan fingerprint density at radius 2 is 2.19 bits per heavy atom. The molecular weight excluding hydrogens is 224 g/mol. The van der Waals surface area contributed by atoms with E-state index in [4.69, 9.17) is 5.26 Å².